The SMILES string of the molecule is CCCCCCCCC(O)C(CCCCCCCCCCCCCCCc1cc(O)cc(OS(=O)(=O)O)c1)OC(C)=O. The highest BCUT2D eigenvalue weighted by atomic mass is 32.3. The molecule has 0 bridgehead atoms. The van der Waals surface area contributed by atoms with Crippen molar-refractivity contribution in [1.82, 2.24) is 0 Å². The van der Waals surface area contributed by atoms with Crippen LogP contribution in [0.25, 0.3) is 0 Å². The predicted molar refractivity (Wildman–Crippen MR) is 168 cm³/mol. The van der Waals surface area contributed by atoms with E-state index in [4.69, 9.17) is 9.29 Å². The van der Waals surface area contributed by atoms with Crippen molar-refractivity contribution in [2.24, 2.45) is 0 Å². The zero-order chi connectivity index (χ0) is 31.1. The molecule has 0 aromatic heterocycles. The van der Waals surface area contributed by atoms with Crippen LogP contribution in [0, 0.1) is 0 Å². The van der Waals surface area contributed by atoms with Crippen molar-refractivity contribution in [2.45, 2.75) is 167 Å². The van der Waals surface area contributed by atoms with Gasteiger partial charge in [0.05, 0.1) is 6.10 Å². The van der Waals surface area contributed by atoms with Crippen LogP contribution >= 0.6 is 0 Å². The second kappa shape index (κ2) is 23.6. The first kappa shape index (κ1) is 38.2. The minimum Gasteiger partial charge on any atom is -0.508 e. The second-order valence-electron chi connectivity index (χ2n) is 11.8. The number of rotatable bonds is 27. The Bertz CT molecular complexity index is 934. The summed E-state index contributed by atoms with van der Waals surface area (Å²) in [5.41, 5.74) is 0.777. The summed E-state index contributed by atoms with van der Waals surface area (Å²) in [5, 5.41) is 20.3. The van der Waals surface area contributed by atoms with Crippen LogP contribution in [-0.2, 0) is 26.4 Å². The largest absolute Gasteiger partial charge is 0.508 e. The van der Waals surface area contributed by atoms with Gasteiger partial charge in [0.1, 0.15) is 17.6 Å². The maximum absolute atomic E-state index is 11.5. The summed E-state index contributed by atoms with van der Waals surface area (Å²) >= 11 is 0. The van der Waals surface area contributed by atoms with Crippen LogP contribution in [0.1, 0.15) is 154 Å². The summed E-state index contributed by atoms with van der Waals surface area (Å²) in [4.78, 5) is 11.5. The maximum atomic E-state index is 11.5. The molecule has 42 heavy (non-hydrogen) atoms. The zero-order valence-corrected chi connectivity index (χ0v) is 27.1. The van der Waals surface area contributed by atoms with E-state index in [-0.39, 0.29) is 23.6 Å². The van der Waals surface area contributed by atoms with Gasteiger partial charge in [-0.25, -0.2) is 0 Å². The van der Waals surface area contributed by atoms with Crippen LogP contribution < -0.4 is 4.18 Å². The monoisotopic (exact) mass is 614 g/mol. The van der Waals surface area contributed by atoms with E-state index in [0.717, 1.165) is 63.0 Å². The van der Waals surface area contributed by atoms with E-state index < -0.39 is 16.5 Å². The van der Waals surface area contributed by atoms with Gasteiger partial charge in [0.15, 0.2) is 0 Å². The second-order valence-corrected chi connectivity index (χ2v) is 12.8. The number of carbonyl (C=O) groups excluding carboxylic acids is 1. The molecule has 0 heterocycles. The van der Waals surface area contributed by atoms with E-state index in [1.54, 1.807) is 6.07 Å². The lowest BCUT2D eigenvalue weighted by atomic mass is 9.99. The van der Waals surface area contributed by atoms with E-state index >= 15 is 0 Å². The number of unbranched alkanes of at least 4 members (excludes halogenated alkanes) is 17. The van der Waals surface area contributed by atoms with Crippen LogP contribution in [0.2, 0.25) is 0 Å². The molecule has 0 spiro atoms. The number of aryl methyl sites for hydroxylation is 1. The van der Waals surface area contributed by atoms with Gasteiger partial charge in [0.25, 0.3) is 0 Å². The number of carbonyl (C=O) groups is 1. The molecule has 0 radical (unpaired) electrons. The number of hydrogen-bond donors (Lipinski definition) is 3. The molecule has 244 valence electrons. The predicted octanol–water partition coefficient (Wildman–Crippen LogP) is 8.62. The molecule has 0 aliphatic heterocycles. The number of hydrogen-bond acceptors (Lipinski definition) is 7. The highest BCUT2D eigenvalue weighted by Crippen LogP contribution is 2.24. The molecular formula is C33H58O8S. The molecule has 0 saturated carbocycles. The molecule has 2 atom stereocenters. The number of aromatic hydroxyl groups is 1. The lowest BCUT2D eigenvalue weighted by Gasteiger charge is -2.22. The van der Waals surface area contributed by atoms with E-state index in [9.17, 15) is 23.4 Å². The standard InChI is InChI=1S/C33H58O8S/c1-3-4-5-6-17-20-23-32(36)33(40-28(2)34)24-21-18-15-13-11-9-7-8-10-12-14-16-19-22-29-25-30(35)27-31(26-29)41-42(37,38)39/h25-27,32-33,35-36H,3-24H2,1-2H3,(H,37,38,39). The molecule has 0 saturated heterocycles. The van der Waals surface area contributed by atoms with Crippen molar-refractivity contribution >= 4 is 16.4 Å². The molecule has 3 N–H and O–H groups in total. The summed E-state index contributed by atoms with van der Waals surface area (Å²) in [6, 6.07) is 4.26. The third-order valence-electron chi connectivity index (χ3n) is 7.71. The molecule has 0 aliphatic rings. The Hall–Kier alpha value is -1.84. The van der Waals surface area contributed by atoms with Crippen molar-refractivity contribution in [3.8, 4) is 11.5 Å². The third kappa shape index (κ3) is 21.8. The molecule has 9 heteroatoms. The molecule has 2 unspecified atom stereocenters. The van der Waals surface area contributed by atoms with Crippen LogP contribution in [0.4, 0.5) is 0 Å². The first-order valence-electron chi connectivity index (χ1n) is 16.5. The number of phenols is 1. The summed E-state index contributed by atoms with van der Waals surface area (Å²) in [6.07, 6.45) is 23.5. The number of aliphatic hydroxyl groups is 1. The Morgan fingerprint density at radius 3 is 1.71 bits per heavy atom. The Kier molecular flexibility index (Phi) is 21.5. The van der Waals surface area contributed by atoms with E-state index in [0.29, 0.717) is 12.8 Å². The van der Waals surface area contributed by atoms with E-state index in [1.165, 1.54) is 90.0 Å². The highest BCUT2D eigenvalue weighted by molar-refractivity contribution is 7.81. The molecule has 0 aliphatic carbocycles. The molecule has 0 fully saturated rings. The summed E-state index contributed by atoms with van der Waals surface area (Å²) in [7, 11) is -4.61. The van der Waals surface area contributed by atoms with Crippen molar-refractivity contribution in [2.75, 3.05) is 0 Å². The van der Waals surface area contributed by atoms with Crippen molar-refractivity contribution in [3.05, 3.63) is 23.8 Å². The van der Waals surface area contributed by atoms with Gasteiger partial charge in [-0.05, 0) is 49.8 Å². The number of benzene rings is 1. The number of aliphatic hydroxyl groups excluding tert-OH is 1. The fraction of sp³-hybridized carbons (Fsp3) is 0.788. The molecule has 1 aromatic carbocycles. The van der Waals surface area contributed by atoms with Crippen LogP contribution in [0.3, 0.4) is 0 Å². The van der Waals surface area contributed by atoms with Gasteiger partial charge in [-0.3, -0.25) is 9.35 Å². The van der Waals surface area contributed by atoms with Gasteiger partial charge in [-0.2, -0.15) is 8.42 Å². The quantitative estimate of drug-likeness (QED) is 0.0510. The highest BCUT2D eigenvalue weighted by Gasteiger charge is 2.21. The van der Waals surface area contributed by atoms with Crippen molar-refractivity contribution in [3.63, 3.8) is 0 Å². The average molecular weight is 615 g/mol. The minimum atomic E-state index is -4.61. The van der Waals surface area contributed by atoms with E-state index in [2.05, 4.69) is 11.1 Å². The van der Waals surface area contributed by atoms with Crippen LogP contribution in [0.5, 0.6) is 11.5 Å². The average Bonchev–Trinajstić information content (AvgIpc) is 2.90. The third-order valence-corrected chi connectivity index (χ3v) is 8.11. The summed E-state index contributed by atoms with van der Waals surface area (Å²) < 4.78 is 40.4. The summed E-state index contributed by atoms with van der Waals surface area (Å²) in [5.74, 6) is -0.484. The zero-order valence-electron chi connectivity index (χ0n) is 26.2. The lowest BCUT2D eigenvalue weighted by molar-refractivity contribution is -0.153. The molecule has 0 amide bonds. The van der Waals surface area contributed by atoms with Gasteiger partial charge in [0.2, 0.25) is 0 Å². The fourth-order valence-corrected chi connectivity index (χ4v) is 5.78. The normalized spacial score (nSPS) is 13.1. The van der Waals surface area contributed by atoms with Gasteiger partial charge >= 0.3 is 16.4 Å². The molecule has 8 nitrogen and oxygen atoms in total. The van der Waals surface area contributed by atoms with Crippen molar-refractivity contribution in [1.29, 1.82) is 0 Å². The Morgan fingerprint density at radius 1 is 0.738 bits per heavy atom. The van der Waals surface area contributed by atoms with Crippen LogP contribution in [-0.4, -0.2) is 41.4 Å². The molecule has 1 rings (SSSR count). The van der Waals surface area contributed by atoms with Gasteiger partial charge in [-0.15, -0.1) is 0 Å². The van der Waals surface area contributed by atoms with Gasteiger partial charge in [0, 0.05) is 13.0 Å². The Morgan fingerprint density at radius 2 is 1.21 bits per heavy atom. The number of ether oxygens (including phenoxy) is 1. The summed E-state index contributed by atoms with van der Waals surface area (Å²) in [6.45, 7) is 3.63. The van der Waals surface area contributed by atoms with E-state index in [1.807, 2.05) is 0 Å². The molecular weight excluding hydrogens is 556 g/mol. The lowest BCUT2D eigenvalue weighted by Crippen LogP contribution is -2.30. The fourth-order valence-electron chi connectivity index (χ4n) is 5.44. The first-order chi connectivity index (χ1) is 20.1. The van der Waals surface area contributed by atoms with Gasteiger partial charge < -0.3 is 19.1 Å². The number of esters is 1. The molecule has 1 aromatic rings. The smallest absolute Gasteiger partial charge is 0.446 e. The maximum Gasteiger partial charge on any atom is 0.446 e. The minimum absolute atomic E-state index is 0.0886. The van der Waals surface area contributed by atoms with Crippen molar-refractivity contribution < 1.29 is 36.9 Å². The Balaban J connectivity index is 2.01. The first-order valence-corrected chi connectivity index (χ1v) is 17.8. The van der Waals surface area contributed by atoms with Gasteiger partial charge in [-0.1, -0.05) is 116 Å². The topological polar surface area (TPSA) is 130 Å². The number of phenolic OH excluding ortho intramolecular Hbond substituents is 1. The van der Waals surface area contributed by atoms with Crippen LogP contribution in [0.15, 0.2) is 18.2 Å². The Labute approximate surface area is 255 Å².